The lowest BCUT2D eigenvalue weighted by atomic mass is 10.2. The Morgan fingerprint density at radius 2 is 2.08 bits per heavy atom. The molecule has 0 aliphatic heterocycles. The Kier molecular flexibility index (Phi) is 5.19. The van der Waals surface area contributed by atoms with Crippen LogP contribution >= 0.6 is 15.9 Å². The van der Waals surface area contributed by atoms with Gasteiger partial charge in [0.05, 0.1) is 24.6 Å². The molecule has 2 heterocycles. The van der Waals surface area contributed by atoms with Crippen LogP contribution in [0.5, 0.6) is 0 Å². The molecule has 0 aliphatic rings. The number of aryl methyl sites for hydroxylation is 1. The van der Waals surface area contributed by atoms with E-state index in [1.54, 1.807) is 18.5 Å². The quantitative estimate of drug-likeness (QED) is 0.514. The summed E-state index contributed by atoms with van der Waals surface area (Å²) in [6.07, 6.45) is 3.33. The molecule has 0 saturated carbocycles. The molecule has 0 aliphatic carbocycles. The molecule has 0 bridgehead atoms. The molecule has 0 fully saturated rings. The predicted octanol–water partition coefficient (Wildman–Crippen LogP) is 4.27. The number of hydrogen-bond donors (Lipinski definition) is 1. The first-order valence-corrected chi connectivity index (χ1v) is 8.62. The van der Waals surface area contributed by atoms with Crippen molar-refractivity contribution >= 4 is 28.1 Å². The standard InChI is InChI=1S/C19H18BrN3O2/c1-13-10-15(14(2)23(13)12-16-6-5-9-25-16)11-21-22-19(24)17-7-3-4-8-18(17)20/h3-11H,12H2,1-2H3,(H,22,24)/b21-11-. The molecule has 3 aromatic rings. The Labute approximate surface area is 154 Å². The molecule has 2 aromatic heterocycles. The SMILES string of the molecule is Cc1cc(/C=N\NC(=O)c2ccccc2Br)c(C)n1Cc1ccco1. The Hall–Kier alpha value is -2.60. The molecule has 1 N–H and O–H groups in total. The van der Waals surface area contributed by atoms with Gasteiger partial charge in [-0.25, -0.2) is 5.43 Å². The van der Waals surface area contributed by atoms with Gasteiger partial charge in [0.15, 0.2) is 0 Å². The van der Waals surface area contributed by atoms with Gasteiger partial charge in [-0.05, 0) is 60.1 Å². The minimum Gasteiger partial charge on any atom is -0.467 e. The van der Waals surface area contributed by atoms with Crippen LogP contribution in [0.25, 0.3) is 0 Å². The lowest BCUT2D eigenvalue weighted by Gasteiger charge is -2.07. The number of furan rings is 1. The van der Waals surface area contributed by atoms with E-state index in [4.69, 9.17) is 4.42 Å². The van der Waals surface area contributed by atoms with E-state index in [0.29, 0.717) is 12.1 Å². The van der Waals surface area contributed by atoms with Gasteiger partial charge in [-0.15, -0.1) is 0 Å². The van der Waals surface area contributed by atoms with Crippen LogP contribution in [0.1, 0.15) is 33.1 Å². The molecule has 1 aromatic carbocycles. The maximum atomic E-state index is 12.2. The molecule has 0 unspecified atom stereocenters. The van der Waals surface area contributed by atoms with Crippen molar-refractivity contribution in [2.75, 3.05) is 0 Å². The summed E-state index contributed by atoms with van der Waals surface area (Å²) in [5.41, 5.74) is 6.23. The summed E-state index contributed by atoms with van der Waals surface area (Å²) in [6.45, 7) is 4.72. The van der Waals surface area contributed by atoms with Gasteiger partial charge in [-0.1, -0.05) is 12.1 Å². The zero-order valence-corrected chi connectivity index (χ0v) is 15.6. The predicted molar refractivity (Wildman–Crippen MR) is 101 cm³/mol. The molecule has 25 heavy (non-hydrogen) atoms. The molecule has 0 spiro atoms. The van der Waals surface area contributed by atoms with Gasteiger partial charge in [0, 0.05) is 21.4 Å². The Morgan fingerprint density at radius 1 is 1.28 bits per heavy atom. The average Bonchev–Trinajstić information content (AvgIpc) is 3.19. The first-order valence-electron chi connectivity index (χ1n) is 7.83. The van der Waals surface area contributed by atoms with Gasteiger partial charge in [-0.2, -0.15) is 5.10 Å². The van der Waals surface area contributed by atoms with Crippen molar-refractivity contribution in [3.8, 4) is 0 Å². The Bertz CT molecular complexity index is 911. The Morgan fingerprint density at radius 3 is 2.80 bits per heavy atom. The fraction of sp³-hybridized carbons (Fsp3) is 0.158. The van der Waals surface area contributed by atoms with Crippen LogP contribution in [-0.4, -0.2) is 16.7 Å². The summed E-state index contributed by atoms with van der Waals surface area (Å²) in [4.78, 5) is 12.2. The van der Waals surface area contributed by atoms with Crippen LogP contribution in [0.3, 0.4) is 0 Å². The minimum atomic E-state index is -0.256. The average molecular weight is 400 g/mol. The number of nitrogens with zero attached hydrogens (tertiary/aromatic N) is 2. The van der Waals surface area contributed by atoms with E-state index in [0.717, 1.165) is 27.2 Å². The first-order chi connectivity index (χ1) is 12.1. The highest BCUT2D eigenvalue weighted by atomic mass is 79.9. The number of carbonyl (C=O) groups is 1. The molecule has 0 radical (unpaired) electrons. The van der Waals surface area contributed by atoms with Crippen molar-refractivity contribution in [1.82, 2.24) is 9.99 Å². The third-order valence-corrected chi connectivity index (χ3v) is 4.69. The molecule has 0 atom stereocenters. The summed E-state index contributed by atoms with van der Waals surface area (Å²) in [5.74, 6) is 0.639. The number of hydrogen-bond acceptors (Lipinski definition) is 3. The fourth-order valence-electron chi connectivity index (χ4n) is 2.63. The summed E-state index contributed by atoms with van der Waals surface area (Å²) >= 11 is 3.36. The van der Waals surface area contributed by atoms with Crippen molar-refractivity contribution in [1.29, 1.82) is 0 Å². The normalized spacial score (nSPS) is 11.2. The number of amides is 1. The molecular formula is C19H18BrN3O2. The highest BCUT2D eigenvalue weighted by molar-refractivity contribution is 9.10. The summed E-state index contributed by atoms with van der Waals surface area (Å²) in [5, 5.41) is 4.09. The van der Waals surface area contributed by atoms with Crippen molar-refractivity contribution in [2.45, 2.75) is 20.4 Å². The van der Waals surface area contributed by atoms with Crippen molar-refractivity contribution in [2.24, 2.45) is 5.10 Å². The number of carbonyl (C=O) groups excluding carboxylic acids is 1. The highest BCUT2D eigenvalue weighted by Crippen LogP contribution is 2.17. The van der Waals surface area contributed by atoms with Crippen LogP contribution in [0, 0.1) is 13.8 Å². The minimum absolute atomic E-state index is 0.256. The van der Waals surface area contributed by atoms with Crippen LogP contribution in [0.4, 0.5) is 0 Å². The fourth-order valence-corrected chi connectivity index (χ4v) is 3.09. The maximum absolute atomic E-state index is 12.2. The molecule has 5 nitrogen and oxygen atoms in total. The number of halogens is 1. The van der Waals surface area contributed by atoms with E-state index >= 15 is 0 Å². The van der Waals surface area contributed by atoms with Gasteiger partial charge in [0.25, 0.3) is 5.91 Å². The molecule has 1 amide bonds. The van der Waals surface area contributed by atoms with Crippen molar-refractivity contribution in [3.63, 3.8) is 0 Å². The number of hydrazone groups is 1. The number of aromatic nitrogens is 1. The third-order valence-electron chi connectivity index (χ3n) is 4.00. The van der Waals surface area contributed by atoms with E-state index in [1.165, 1.54) is 0 Å². The van der Waals surface area contributed by atoms with Gasteiger partial charge in [0.2, 0.25) is 0 Å². The monoisotopic (exact) mass is 399 g/mol. The number of nitrogens with one attached hydrogen (secondary N) is 1. The third kappa shape index (κ3) is 3.91. The first kappa shape index (κ1) is 17.2. The van der Waals surface area contributed by atoms with Gasteiger partial charge in [-0.3, -0.25) is 4.79 Å². The van der Waals surface area contributed by atoms with Crippen LogP contribution in [-0.2, 0) is 6.54 Å². The lowest BCUT2D eigenvalue weighted by molar-refractivity contribution is 0.0954. The van der Waals surface area contributed by atoms with Crippen LogP contribution in [0.2, 0.25) is 0 Å². The topological polar surface area (TPSA) is 59.5 Å². The molecule has 3 rings (SSSR count). The molecular weight excluding hydrogens is 382 g/mol. The lowest BCUT2D eigenvalue weighted by Crippen LogP contribution is -2.18. The Balaban J connectivity index is 1.72. The van der Waals surface area contributed by atoms with Crippen molar-refractivity contribution < 1.29 is 9.21 Å². The maximum Gasteiger partial charge on any atom is 0.272 e. The van der Waals surface area contributed by atoms with Crippen molar-refractivity contribution in [3.05, 3.63) is 81.5 Å². The number of benzene rings is 1. The molecule has 6 heteroatoms. The van der Waals surface area contributed by atoms with E-state index in [1.807, 2.05) is 50.2 Å². The molecule has 128 valence electrons. The summed E-state index contributed by atoms with van der Waals surface area (Å²) < 4.78 is 8.30. The van der Waals surface area contributed by atoms with E-state index < -0.39 is 0 Å². The zero-order valence-electron chi connectivity index (χ0n) is 14.0. The van der Waals surface area contributed by atoms with E-state index in [-0.39, 0.29) is 5.91 Å². The van der Waals surface area contributed by atoms with E-state index in [9.17, 15) is 4.79 Å². The second-order valence-corrected chi connectivity index (χ2v) is 6.53. The van der Waals surface area contributed by atoms with Gasteiger partial charge >= 0.3 is 0 Å². The zero-order chi connectivity index (χ0) is 17.8. The molecule has 0 saturated heterocycles. The smallest absolute Gasteiger partial charge is 0.272 e. The second kappa shape index (κ2) is 7.53. The number of rotatable bonds is 5. The second-order valence-electron chi connectivity index (χ2n) is 5.67. The van der Waals surface area contributed by atoms with Gasteiger partial charge in [0.1, 0.15) is 5.76 Å². The van der Waals surface area contributed by atoms with Gasteiger partial charge < -0.3 is 8.98 Å². The van der Waals surface area contributed by atoms with Crippen LogP contribution in [0.15, 0.2) is 62.7 Å². The highest BCUT2D eigenvalue weighted by Gasteiger charge is 2.10. The van der Waals surface area contributed by atoms with Crippen LogP contribution < -0.4 is 5.43 Å². The largest absolute Gasteiger partial charge is 0.467 e. The van der Waals surface area contributed by atoms with E-state index in [2.05, 4.69) is 31.0 Å². The summed E-state index contributed by atoms with van der Waals surface area (Å²) in [7, 11) is 0. The summed E-state index contributed by atoms with van der Waals surface area (Å²) in [6, 6.07) is 13.1.